The number of nitrogens with zero attached hydrogens (tertiary/aromatic N) is 3. The van der Waals surface area contributed by atoms with Gasteiger partial charge < -0.3 is 14.2 Å². The molecule has 0 spiro atoms. The lowest BCUT2D eigenvalue weighted by atomic mass is 10.2. The van der Waals surface area contributed by atoms with Crippen LogP contribution in [-0.2, 0) is 16.1 Å². The number of ether oxygens (including phenoxy) is 1. The number of amides is 1. The summed E-state index contributed by atoms with van der Waals surface area (Å²) in [5, 5.41) is 4.49. The second-order valence-corrected chi connectivity index (χ2v) is 6.73. The van der Waals surface area contributed by atoms with E-state index < -0.39 is 5.97 Å². The third-order valence-corrected chi connectivity index (χ3v) is 4.62. The van der Waals surface area contributed by atoms with Crippen molar-refractivity contribution in [2.24, 2.45) is 0 Å². The number of anilines is 1. The molecule has 3 aromatic rings. The van der Waals surface area contributed by atoms with Gasteiger partial charge in [-0.2, -0.15) is 4.98 Å². The number of halogens is 1. The second-order valence-electron chi connectivity index (χ2n) is 6.29. The van der Waals surface area contributed by atoms with Crippen LogP contribution in [-0.4, -0.2) is 28.6 Å². The van der Waals surface area contributed by atoms with E-state index >= 15 is 0 Å². The lowest BCUT2D eigenvalue weighted by Crippen LogP contribution is -2.23. The summed E-state index contributed by atoms with van der Waals surface area (Å²) in [6.07, 6.45) is 1.35. The molecule has 142 valence electrons. The van der Waals surface area contributed by atoms with Crippen LogP contribution >= 0.6 is 11.6 Å². The van der Waals surface area contributed by atoms with Crippen LogP contribution in [0.4, 0.5) is 5.69 Å². The molecule has 0 unspecified atom stereocenters. The molecule has 1 aliphatic rings. The van der Waals surface area contributed by atoms with Crippen molar-refractivity contribution in [3.8, 4) is 11.4 Å². The summed E-state index contributed by atoms with van der Waals surface area (Å²) in [5.74, 6) is 0.104. The molecule has 7 nitrogen and oxygen atoms in total. The predicted molar refractivity (Wildman–Crippen MR) is 102 cm³/mol. The first-order valence-electron chi connectivity index (χ1n) is 8.76. The third-order valence-electron chi connectivity index (χ3n) is 4.36. The quantitative estimate of drug-likeness (QED) is 0.607. The van der Waals surface area contributed by atoms with E-state index in [-0.39, 0.29) is 18.4 Å². The molecule has 0 radical (unpaired) electrons. The van der Waals surface area contributed by atoms with Gasteiger partial charge in [0.2, 0.25) is 11.7 Å². The summed E-state index contributed by atoms with van der Waals surface area (Å²) in [6.45, 7) is 0.513. The number of esters is 1. The molecule has 0 bridgehead atoms. The number of rotatable bonds is 5. The van der Waals surface area contributed by atoms with Gasteiger partial charge in [-0.1, -0.05) is 22.8 Å². The average Bonchev–Trinajstić information content (AvgIpc) is 3.36. The van der Waals surface area contributed by atoms with Crippen molar-refractivity contribution in [3.05, 3.63) is 65.0 Å². The molecule has 2 heterocycles. The molecule has 4 rings (SSSR count). The maximum absolute atomic E-state index is 12.4. The zero-order valence-corrected chi connectivity index (χ0v) is 15.6. The molecule has 1 aromatic heterocycles. The van der Waals surface area contributed by atoms with Crippen molar-refractivity contribution in [3.63, 3.8) is 0 Å². The highest BCUT2D eigenvalue weighted by atomic mass is 35.5. The fourth-order valence-corrected chi connectivity index (χ4v) is 3.09. The molecular formula is C20H16ClN3O4. The zero-order valence-electron chi connectivity index (χ0n) is 14.8. The van der Waals surface area contributed by atoms with Gasteiger partial charge in [-0.15, -0.1) is 0 Å². The monoisotopic (exact) mass is 397 g/mol. The molecular weight excluding hydrogens is 382 g/mol. The summed E-state index contributed by atoms with van der Waals surface area (Å²) >= 11 is 5.86. The molecule has 0 saturated carbocycles. The lowest BCUT2D eigenvalue weighted by molar-refractivity contribution is -0.117. The second kappa shape index (κ2) is 7.82. The van der Waals surface area contributed by atoms with Crippen molar-refractivity contribution in [1.29, 1.82) is 0 Å². The Bertz CT molecular complexity index is 1020. The molecule has 0 atom stereocenters. The van der Waals surface area contributed by atoms with E-state index in [1.807, 2.05) is 0 Å². The Hall–Kier alpha value is -3.19. The average molecular weight is 398 g/mol. The first kappa shape index (κ1) is 18.2. The first-order valence-corrected chi connectivity index (χ1v) is 9.14. The fraction of sp³-hybridized carbons (Fsp3) is 0.200. The minimum absolute atomic E-state index is 0.0612. The van der Waals surface area contributed by atoms with Gasteiger partial charge in [0.25, 0.3) is 5.89 Å². The van der Waals surface area contributed by atoms with Crippen molar-refractivity contribution >= 4 is 29.2 Å². The molecule has 1 aliphatic heterocycles. The largest absolute Gasteiger partial charge is 0.452 e. The van der Waals surface area contributed by atoms with Crippen LogP contribution in [0, 0.1) is 0 Å². The molecule has 1 amide bonds. The SMILES string of the molecule is O=C(OCc1nc(-c2ccc(Cl)cc2)no1)c1cccc(N2CCCC2=O)c1. The Kier molecular flexibility index (Phi) is 5.08. The van der Waals surface area contributed by atoms with Crippen LogP contribution in [0.1, 0.15) is 29.1 Å². The van der Waals surface area contributed by atoms with Gasteiger partial charge in [0.15, 0.2) is 6.61 Å². The molecule has 28 heavy (non-hydrogen) atoms. The van der Waals surface area contributed by atoms with Crippen LogP contribution in [0.15, 0.2) is 53.1 Å². The van der Waals surface area contributed by atoms with Gasteiger partial charge in [-0.05, 0) is 48.9 Å². The van der Waals surface area contributed by atoms with E-state index in [1.54, 1.807) is 53.4 Å². The molecule has 2 aromatic carbocycles. The summed E-state index contributed by atoms with van der Waals surface area (Å²) in [5.41, 5.74) is 1.79. The van der Waals surface area contributed by atoms with Gasteiger partial charge in [-0.25, -0.2) is 4.79 Å². The summed E-state index contributed by atoms with van der Waals surface area (Å²) in [6, 6.07) is 13.8. The standard InChI is InChI=1S/C20H16ClN3O4/c21-15-8-6-13(7-9-15)19-22-17(28-23-19)12-27-20(26)14-3-1-4-16(11-14)24-10-2-5-18(24)25/h1,3-4,6-9,11H,2,5,10,12H2. The Labute approximate surface area is 165 Å². The summed E-state index contributed by atoms with van der Waals surface area (Å²) < 4.78 is 10.4. The number of aromatic nitrogens is 2. The Balaban J connectivity index is 1.41. The highest BCUT2D eigenvalue weighted by Crippen LogP contribution is 2.23. The van der Waals surface area contributed by atoms with E-state index in [0.29, 0.717) is 35.1 Å². The first-order chi connectivity index (χ1) is 13.6. The van der Waals surface area contributed by atoms with Gasteiger partial charge in [0.1, 0.15) is 0 Å². The molecule has 1 saturated heterocycles. The molecule has 0 N–H and O–H groups in total. The lowest BCUT2D eigenvalue weighted by Gasteiger charge is -2.16. The third kappa shape index (κ3) is 3.89. The topological polar surface area (TPSA) is 85.5 Å². The van der Waals surface area contributed by atoms with Gasteiger partial charge >= 0.3 is 5.97 Å². The Morgan fingerprint density at radius 1 is 1.21 bits per heavy atom. The van der Waals surface area contributed by atoms with E-state index in [9.17, 15) is 9.59 Å². The van der Waals surface area contributed by atoms with Gasteiger partial charge in [-0.3, -0.25) is 4.79 Å². The van der Waals surface area contributed by atoms with Gasteiger partial charge in [0, 0.05) is 29.2 Å². The van der Waals surface area contributed by atoms with Crippen LogP contribution in [0.5, 0.6) is 0 Å². The molecule has 0 aliphatic carbocycles. The fourth-order valence-electron chi connectivity index (χ4n) is 2.96. The predicted octanol–water partition coefficient (Wildman–Crippen LogP) is 3.87. The number of carbonyl (C=O) groups excluding carboxylic acids is 2. The van der Waals surface area contributed by atoms with Crippen LogP contribution < -0.4 is 4.90 Å². The van der Waals surface area contributed by atoms with E-state index in [0.717, 1.165) is 12.0 Å². The highest BCUT2D eigenvalue weighted by Gasteiger charge is 2.22. The van der Waals surface area contributed by atoms with E-state index in [4.69, 9.17) is 20.9 Å². The number of hydrogen-bond acceptors (Lipinski definition) is 6. The van der Waals surface area contributed by atoms with Crippen molar-refractivity contribution in [1.82, 2.24) is 10.1 Å². The maximum Gasteiger partial charge on any atom is 0.338 e. The van der Waals surface area contributed by atoms with Crippen molar-refractivity contribution in [2.75, 3.05) is 11.4 Å². The van der Waals surface area contributed by atoms with Crippen molar-refractivity contribution in [2.45, 2.75) is 19.4 Å². The number of carbonyl (C=O) groups is 2. The number of benzene rings is 2. The minimum Gasteiger partial charge on any atom is -0.452 e. The molecule has 8 heteroatoms. The van der Waals surface area contributed by atoms with E-state index in [2.05, 4.69) is 10.1 Å². The van der Waals surface area contributed by atoms with E-state index in [1.165, 1.54) is 0 Å². The van der Waals surface area contributed by atoms with Gasteiger partial charge in [0.05, 0.1) is 5.56 Å². The zero-order chi connectivity index (χ0) is 19.5. The van der Waals surface area contributed by atoms with Crippen molar-refractivity contribution < 1.29 is 18.8 Å². The smallest absolute Gasteiger partial charge is 0.338 e. The maximum atomic E-state index is 12.4. The van der Waals surface area contributed by atoms with Crippen LogP contribution in [0.25, 0.3) is 11.4 Å². The summed E-state index contributed by atoms with van der Waals surface area (Å²) in [7, 11) is 0. The minimum atomic E-state index is -0.528. The normalized spacial score (nSPS) is 13.8. The highest BCUT2D eigenvalue weighted by molar-refractivity contribution is 6.30. The Morgan fingerprint density at radius 3 is 2.79 bits per heavy atom. The van der Waals surface area contributed by atoms with Crippen LogP contribution in [0.3, 0.4) is 0 Å². The van der Waals surface area contributed by atoms with Crippen LogP contribution in [0.2, 0.25) is 5.02 Å². The Morgan fingerprint density at radius 2 is 2.04 bits per heavy atom. The molecule has 1 fully saturated rings. The summed E-state index contributed by atoms with van der Waals surface area (Å²) in [4.78, 5) is 30.1. The number of hydrogen-bond donors (Lipinski definition) is 0.